The van der Waals surface area contributed by atoms with E-state index in [0.29, 0.717) is 58.3 Å². The predicted octanol–water partition coefficient (Wildman–Crippen LogP) is 4.69. The highest BCUT2D eigenvalue weighted by atomic mass is 16.7. The Morgan fingerprint density at radius 1 is 0.844 bits per heavy atom. The van der Waals surface area contributed by atoms with E-state index < -0.39 is 0 Å². The number of hydrogen-bond donors (Lipinski definition) is 0. The summed E-state index contributed by atoms with van der Waals surface area (Å²) in [7, 11) is 6.29. The van der Waals surface area contributed by atoms with Crippen molar-refractivity contribution in [1.82, 2.24) is 0 Å². The summed E-state index contributed by atoms with van der Waals surface area (Å²) in [6, 6.07) is 2.02. The fourth-order valence-electron chi connectivity index (χ4n) is 4.91. The molecule has 0 saturated heterocycles. The lowest BCUT2D eigenvalue weighted by Crippen LogP contribution is -2.20. The zero-order valence-electron chi connectivity index (χ0n) is 19.7. The van der Waals surface area contributed by atoms with Gasteiger partial charge in [-0.05, 0) is 48.8 Å². The number of ketones is 1. The van der Waals surface area contributed by atoms with Gasteiger partial charge in [-0.3, -0.25) is 4.79 Å². The van der Waals surface area contributed by atoms with Crippen LogP contribution < -0.4 is 28.4 Å². The van der Waals surface area contributed by atoms with Crippen molar-refractivity contribution in [2.24, 2.45) is 11.8 Å². The van der Waals surface area contributed by atoms with Crippen LogP contribution in [0.25, 0.3) is 11.1 Å². The van der Waals surface area contributed by atoms with Gasteiger partial charge in [-0.15, -0.1) is 0 Å². The summed E-state index contributed by atoms with van der Waals surface area (Å²) in [5.41, 5.74) is 4.03. The zero-order valence-corrected chi connectivity index (χ0v) is 19.7. The molecular weight excluding hydrogens is 412 g/mol. The van der Waals surface area contributed by atoms with Gasteiger partial charge in [0.15, 0.2) is 28.8 Å². The standard InChI is InChI=1S/C25H30O7/c1-12-8-15-10-17-21(32-11-31-17)23(28-5)19(15)20-16(9-13(12)2)18(14(3)26)22(27-4)25(30-7)24(20)29-6/h10,12-13H,8-9,11H2,1-7H3/t12-,13+/m0/s1. The van der Waals surface area contributed by atoms with Crippen LogP contribution in [-0.4, -0.2) is 41.0 Å². The van der Waals surface area contributed by atoms with Crippen molar-refractivity contribution in [3.05, 3.63) is 22.8 Å². The molecule has 1 aliphatic heterocycles. The van der Waals surface area contributed by atoms with E-state index in [2.05, 4.69) is 13.8 Å². The highest BCUT2D eigenvalue weighted by Crippen LogP contribution is 2.57. The fourth-order valence-corrected chi connectivity index (χ4v) is 4.91. The average molecular weight is 443 g/mol. The monoisotopic (exact) mass is 442 g/mol. The van der Waals surface area contributed by atoms with Crippen molar-refractivity contribution in [1.29, 1.82) is 0 Å². The first kappa shape index (κ1) is 22.1. The minimum absolute atomic E-state index is 0.0965. The first-order chi connectivity index (χ1) is 15.4. The third-order valence-electron chi connectivity index (χ3n) is 6.63. The molecule has 32 heavy (non-hydrogen) atoms. The number of hydrogen-bond acceptors (Lipinski definition) is 7. The van der Waals surface area contributed by atoms with Crippen molar-refractivity contribution in [2.45, 2.75) is 33.6 Å². The Morgan fingerprint density at radius 2 is 1.47 bits per heavy atom. The van der Waals surface area contributed by atoms with Crippen LogP contribution in [0.15, 0.2) is 6.07 Å². The molecule has 2 atom stereocenters. The zero-order chi connectivity index (χ0) is 23.2. The Kier molecular flexibility index (Phi) is 5.84. The molecule has 0 bridgehead atoms. The molecule has 7 nitrogen and oxygen atoms in total. The highest BCUT2D eigenvalue weighted by Gasteiger charge is 2.37. The molecule has 2 aromatic rings. The summed E-state index contributed by atoms with van der Waals surface area (Å²) >= 11 is 0. The average Bonchev–Trinajstić information content (AvgIpc) is 3.24. The molecule has 0 spiro atoms. The predicted molar refractivity (Wildman–Crippen MR) is 120 cm³/mol. The Morgan fingerprint density at radius 3 is 2.06 bits per heavy atom. The van der Waals surface area contributed by atoms with Crippen molar-refractivity contribution in [3.63, 3.8) is 0 Å². The molecule has 2 aliphatic rings. The number of methoxy groups -OCH3 is 4. The summed E-state index contributed by atoms with van der Waals surface area (Å²) in [4.78, 5) is 13.0. The number of rotatable bonds is 5. The van der Waals surface area contributed by atoms with Crippen molar-refractivity contribution >= 4 is 5.78 Å². The van der Waals surface area contributed by atoms with E-state index in [1.54, 1.807) is 28.3 Å². The molecule has 0 fully saturated rings. The molecule has 1 heterocycles. The van der Waals surface area contributed by atoms with E-state index in [4.69, 9.17) is 28.4 Å². The van der Waals surface area contributed by atoms with E-state index in [9.17, 15) is 4.79 Å². The summed E-state index contributed by atoms with van der Waals surface area (Å²) in [6.45, 7) is 6.11. The first-order valence-corrected chi connectivity index (χ1v) is 10.7. The molecular formula is C25H30O7. The van der Waals surface area contributed by atoms with Crippen molar-refractivity contribution in [3.8, 4) is 45.6 Å². The lowest BCUT2D eigenvalue weighted by Gasteiger charge is -2.31. The van der Waals surface area contributed by atoms with Gasteiger partial charge in [-0.1, -0.05) is 13.8 Å². The summed E-state index contributed by atoms with van der Waals surface area (Å²) in [6.07, 6.45) is 1.50. The maximum absolute atomic E-state index is 13.0. The molecule has 0 N–H and O–H groups in total. The second-order valence-electron chi connectivity index (χ2n) is 8.43. The number of Topliss-reactive ketones (excluding diaryl/α,β-unsaturated/α-hetero) is 1. The van der Waals surface area contributed by atoms with Crippen LogP contribution in [0.4, 0.5) is 0 Å². The summed E-state index contributed by atoms with van der Waals surface area (Å²) < 4.78 is 34.7. The molecule has 1 aliphatic carbocycles. The number of ether oxygens (including phenoxy) is 6. The number of carbonyl (C=O) groups is 1. The van der Waals surface area contributed by atoms with Gasteiger partial charge in [0.1, 0.15) is 0 Å². The summed E-state index contributed by atoms with van der Waals surface area (Å²) in [5.74, 6) is 3.62. The largest absolute Gasteiger partial charge is 0.492 e. The number of fused-ring (bicyclic) bond motifs is 4. The van der Waals surface area contributed by atoms with E-state index in [0.717, 1.165) is 28.7 Å². The van der Waals surface area contributed by atoms with Gasteiger partial charge in [0.25, 0.3) is 0 Å². The third kappa shape index (κ3) is 3.22. The minimum atomic E-state index is -0.0965. The highest BCUT2D eigenvalue weighted by molar-refractivity contribution is 6.04. The van der Waals surface area contributed by atoms with Crippen LogP contribution >= 0.6 is 0 Å². The first-order valence-electron chi connectivity index (χ1n) is 10.7. The van der Waals surface area contributed by atoms with Gasteiger partial charge < -0.3 is 28.4 Å². The molecule has 2 aromatic carbocycles. The molecule has 7 heteroatoms. The molecule has 172 valence electrons. The van der Waals surface area contributed by atoms with Crippen LogP contribution in [0.2, 0.25) is 0 Å². The molecule has 4 rings (SSSR count). The molecule has 0 saturated carbocycles. The molecule has 0 aromatic heterocycles. The van der Waals surface area contributed by atoms with Gasteiger partial charge in [0.2, 0.25) is 18.3 Å². The Bertz CT molecular complexity index is 1070. The SMILES string of the molecule is COc1c(OC)c(C(C)=O)c2c(c1OC)-c1c(cc3c(c1OC)OCO3)C[C@H](C)[C@H](C)C2. The van der Waals surface area contributed by atoms with E-state index in [1.807, 2.05) is 6.07 Å². The number of carbonyl (C=O) groups excluding carboxylic acids is 1. The van der Waals surface area contributed by atoms with Crippen LogP contribution in [0.1, 0.15) is 42.3 Å². The lowest BCUT2D eigenvalue weighted by atomic mass is 9.75. The topological polar surface area (TPSA) is 72.5 Å². The van der Waals surface area contributed by atoms with Crippen LogP contribution in [0.5, 0.6) is 34.5 Å². The Hall–Kier alpha value is -3.09. The minimum Gasteiger partial charge on any atom is -0.492 e. The van der Waals surface area contributed by atoms with E-state index in [-0.39, 0.29) is 12.6 Å². The molecule has 0 unspecified atom stereocenters. The fraction of sp³-hybridized carbons (Fsp3) is 0.480. The molecule has 0 amide bonds. The lowest BCUT2D eigenvalue weighted by molar-refractivity contribution is 0.101. The van der Waals surface area contributed by atoms with Gasteiger partial charge in [-0.2, -0.15) is 0 Å². The Labute approximate surface area is 188 Å². The maximum Gasteiger partial charge on any atom is 0.231 e. The molecule has 0 radical (unpaired) electrons. The van der Waals surface area contributed by atoms with E-state index in [1.165, 1.54) is 7.11 Å². The second-order valence-corrected chi connectivity index (χ2v) is 8.43. The second kappa shape index (κ2) is 8.45. The van der Waals surface area contributed by atoms with Crippen LogP contribution in [0.3, 0.4) is 0 Å². The maximum atomic E-state index is 13.0. The van der Waals surface area contributed by atoms with Crippen LogP contribution in [-0.2, 0) is 12.8 Å². The van der Waals surface area contributed by atoms with Gasteiger partial charge >= 0.3 is 0 Å². The Balaban J connectivity index is 2.23. The summed E-state index contributed by atoms with van der Waals surface area (Å²) in [5, 5.41) is 0. The normalized spacial score (nSPS) is 18.7. The number of benzene rings is 2. The quantitative estimate of drug-likeness (QED) is 0.622. The smallest absolute Gasteiger partial charge is 0.231 e. The third-order valence-corrected chi connectivity index (χ3v) is 6.63. The van der Waals surface area contributed by atoms with Gasteiger partial charge in [0.05, 0.1) is 34.0 Å². The van der Waals surface area contributed by atoms with Crippen molar-refractivity contribution < 1.29 is 33.2 Å². The van der Waals surface area contributed by atoms with Gasteiger partial charge in [0, 0.05) is 11.1 Å². The van der Waals surface area contributed by atoms with Crippen LogP contribution in [0, 0.1) is 11.8 Å². The van der Waals surface area contributed by atoms with Crippen molar-refractivity contribution in [2.75, 3.05) is 35.2 Å². The van der Waals surface area contributed by atoms with Gasteiger partial charge in [-0.25, -0.2) is 0 Å². The van der Waals surface area contributed by atoms with E-state index >= 15 is 0 Å².